The zero-order valence-electron chi connectivity index (χ0n) is 16.4. The van der Waals surface area contributed by atoms with E-state index in [1.165, 1.54) is 6.20 Å². The van der Waals surface area contributed by atoms with Crippen LogP contribution in [0.2, 0.25) is 5.02 Å². The monoisotopic (exact) mass is 425 g/mol. The topological polar surface area (TPSA) is 94.5 Å². The third kappa shape index (κ3) is 6.03. The number of benzene rings is 2. The highest BCUT2D eigenvalue weighted by Crippen LogP contribution is 2.25. The lowest BCUT2D eigenvalue weighted by Gasteiger charge is -2.13. The molecule has 1 aromatic heterocycles. The molecule has 156 valence electrons. The summed E-state index contributed by atoms with van der Waals surface area (Å²) >= 11 is 5.95. The van der Waals surface area contributed by atoms with Crippen molar-refractivity contribution in [3.05, 3.63) is 83.1 Å². The standard InChI is InChI=1S/C23H24ClN3O3/c24-18-7-1-6-17(13-18)21(28)15-25-10-4-12-26-19-8-2-5-16(14-19)20-9-3-11-27-22(20)23(29)30/h1-3,5-9,11,13-14,21,25-26,28H,4,10,12,15H2,(H,29,30)/t21-/m1/s1. The van der Waals surface area contributed by atoms with E-state index in [2.05, 4.69) is 15.6 Å². The summed E-state index contributed by atoms with van der Waals surface area (Å²) in [4.78, 5) is 15.4. The summed E-state index contributed by atoms with van der Waals surface area (Å²) in [6, 6.07) is 18.3. The van der Waals surface area contributed by atoms with E-state index in [0.29, 0.717) is 17.1 Å². The maximum atomic E-state index is 11.4. The predicted octanol–water partition coefficient (Wildman–Crippen LogP) is 4.23. The van der Waals surface area contributed by atoms with Crippen molar-refractivity contribution in [2.45, 2.75) is 12.5 Å². The SMILES string of the molecule is O=C(O)c1ncccc1-c1cccc(NCCCNC[C@@H](O)c2cccc(Cl)c2)c1. The molecule has 0 amide bonds. The molecule has 3 rings (SSSR count). The Morgan fingerprint density at radius 3 is 2.70 bits per heavy atom. The number of halogens is 1. The van der Waals surface area contributed by atoms with Crippen LogP contribution in [0.5, 0.6) is 0 Å². The molecule has 0 fully saturated rings. The molecule has 4 N–H and O–H groups in total. The summed E-state index contributed by atoms with van der Waals surface area (Å²) in [6.45, 7) is 1.94. The van der Waals surface area contributed by atoms with Crippen molar-refractivity contribution in [3.63, 3.8) is 0 Å². The second-order valence-corrected chi connectivity index (χ2v) is 7.28. The Morgan fingerprint density at radius 1 is 1.07 bits per heavy atom. The van der Waals surface area contributed by atoms with E-state index < -0.39 is 12.1 Å². The third-order valence-electron chi connectivity index (χ3n) is 4.61. The van der Waals surface area contributed by atoms with Crippen LogP contribution in [-0.2, 0) is 0 Å². The smallest absolute Gasteiger partial charge is 0.355 e. The van der Waals surface area contributed by atoms with Gasteiger partial charge in [-0.05, 0) is 54.4 Å². The fourth-order valence-electron chi connectivity index (χ4n) is 3.12. The molecule has 0 bridgehead atoms. The van der Waals surface area contributed by atoms with Crippen LogP contribution < -0.4 is 10.6 Å². The molecule has 0 aliphatic rings. The Labute approximate surface area is 180 Å². The number of aromatic carboxylic acids is 1. The third-order valence-corrected chi connectivity index (χ3v) is 4.85. The van der Waals surface area contributed by atoms with Crippen molar-refractivity contribution in [1.82, 2.24) is 10.3 Å². The first kappa shape index (κ1) is 21.8. The highest BCUT2D eigenvalue weighted by Gasteiger charge is 2.12. The van der Waals surface area contributed by atoms with E-state index in [4.69, 9.17) is 11.6 Å². The van der Waals surface area contributed by atoms with Gasteiger partial charge in [-0.1, -0.05) is 41.9 Å². The van der Waals surface area contributed by atoms with Gasteiger partial charge in [0.25, 0.3) is 0 Å². The van der Waals surface area contributed by atoms with Crippen molar-refractivity contribution in [1.29, 1.82) is 0 Å². The zero-order valence-corrected chi connectivity index (χ0v) is 17.1. The molecule has 0 aliphatic carbocycles. The number of aromatic nitrogens is 1. The average Bonchev–Trinajstić information content (AvgIpc) is 2.76. The van der Waals surface area contributed by atoms with Crippen molar-refractivity contribution < 1.29 is 15.0 Å². The van der Waals surface area contributed by atoms with Gasteiger partial charge in [0.15, 0.2) is 5.69 Å². The van der Waals surface area contributed by atoms with Crippen LogP contribution in [-0.4, -0.2) is 40.8 Å². The number of anilines is 1. The highest BCUT2D eigenvalue weighted by molar-refractivity contribution is 6.30. The molecular weight excluding hydrogens is 402 g/mol. The Hall–Kier alpha value is -2.93. The minimum absolute atomic E-state index is 0.0390. The molecule has 30 heavy (non-hydrogen) atoms. The number of pyridine rings is 1. The van der Waals surface area contributed by atoms with Crippen LogP contribution in [0.3, 0.4) is 0 Å². The van der Waals surface area contributed by atoms with E-state index in [9.17, 15) is 15.0 Å². The van der Waals surface area contributed by atoms with Gasteiger partial charge in [0.2, 0.25) is 0 Å². The molecule has 0 saturated heterocycles. The summed E-state index contributed by atoms with van der Waals surface area (Å²) in [7, 11) is 0. The van der Waals surface area contributed by atoms with Crippen molar-refractivity contribution in [2.24, 2.45) is 0 Å². The fourth-order valence-corrected chi connectivity index (χ4v) is 3.32. The number of rotatable bonds is 10. The van der Waals surface area contributed by atoms with Crippen molar-refractivity contribution >= 4 is 23.3 Å². The number of carbonyl (C=O) groups is 1. The summed E-state index contributed by atoms with van der Waals surface area (Å²) in [5.74, 6) is -1.05. The number of aliphatic hydroxyl groups excluding tert-OH is 1. The quantitative estimate of drug-likeness (QED) is 0.363. The predicted molar refractivity (Wildman–Crippen MR) is 119 cm³/mol. The van der Waals surface area contributed by atoms with E-state index in [0.717, 1.165) is 36.3 Å². The lowest BCUT2D eigenvalue weighted by atomic mass is 10.0. The van der Waals surface area contributed by atoms with Crippen LogP contribution in [0, 0.1) is 0 Å². The highest BCUT2D eigenvalue weighted by atomic mass is 35.5. The van der Waals surface area contributed by atoms with Gasteiger partial charge in [-0.25, -0.2) is 9.78 Å². The maximum Gasteiger partial charge on any atom is 0.355 e. The molecule has 7 heteroatoms. The Kier molecular flexibility index (Phi) is 7.79. The van der Waals surface area contributed by atoms with Crippen molar-refractivity contribution in [2.75, 3.05) is 25.0 Å². The normalized spacial score (nSPS) is 11.8. The summed E-state index contributed by atoms with van der Waals surface area (Å²) < 4.78 is 0. The summed E-state index contributed by atoms with van der Waals surface area (Å²) in [5.41, 5.74) is 3.13. The number of hydrogen-bond donors (Lipinski definition) is 4. The molecule has 6 nitrogen and oxygen atoms in total. The first-order valence-electron chi connectivity index (χ1n) is 9.71. The Bertz CT molecular complexity index is 997. The lowest BCUT2D eigenvalue weighted by molar-refractivity contribution is 0.0691. The Morgan fingerprint density at radius 2 is 1.90 bits per heavy atom. The molecule has 0 spiro atoms. The number of nitrogens with zero attached hydrogens (tertiary/aromatic N) is 1. The van der Waals surface area contributed by atoms with Gasteiger partial charge in [-0.3, -0.25) is 0 Å². The first-order valence-corrected chi connectivity index (χ1v) is 10.1. The molecule has 0 saturated carbocycles. The molecular formula is C23H24ClN3O3. The van der Waals surface area contributed by atoms with E-state index in [1.54, 1.807) is 24.3 Å². The van der Waals surface area contributed by atoms with Gasteiger partial charge in [0, 0.05) is 35.6 Å². The van der Waals surface area contributed by atoms with Gasteiger partial charge in [0.05, 0.1) is 6.10 Å². The van der Waals surface area contributed by atoms with Crippen molar-refractivity contribution in [3.8, 4) is 11.1 Å². The van der Waals surface area contributed by atoms with Gasteiger partial charge >= 0.3 is 5.97 Å². The molecule has 1 atom stereocenters. The summed E-state index contributed by atoms with van der Waals surface area (Å²) in [6.07, 6.45) is 1.74. The number of carboxylic acid groups (broad SMARTS) is 1. The molecule has 3 aromatic rings. The van der Waals surface area contributed by atoms with E-state index in [-0.39, 0.29) is 5.69 Å². The molecule has 0 radical (unpaired) electrons. The lowest BCUT2D eigenvalue weighted by Crippen LogP contribution is -2.24. The number of aliphatic hydroxyl groups is 1. The van der Waals surface area contributed by atoms with Crippen LogP contribution >= 0.6 is 11.6 Å². The van der Waals surface area contributed by atoms with Gasteiger partial charge in [-0.2, -0.15) is 0 Å². The first-order chi connectivity index (χ1) is 14.5. The second kappa shape index (κ2) is 10.7. The largest absolute Gasteiger partial charge is 0.476 e. The number of nitrogens with one attached hydrogen (secondary N) is 2. The maximum absolute atomic E-state index is 11.4. The summed E-state index contributed by atoms with van der Waals surface area (Å²) in [5, 5.41) is 26.7. The fraction of sp³-hybridized carbons (Fsp3) is 0.217. The molecule has 0 aliphatic heterocycles. The molecule has 0 unspecified atom stereocenters. The Balaban J connectivity index is 1.46. The van der Waals surface area contributed by atoms with Crippen LogP contribution in [0.25, 0.3) is 11.1 Å². The van der Waals surface area contributed by atoms with Gasteiger partial charge < -0.3 is 20.8 Å². The van der Waals surface area contributed by atoms with E-state index >= 15 is 0 Å². The molecule has 1 heterocycles. The van der Waals surface area contributed by atoms with E-state index in [1.807, 2.05) is 36.4 Å². The number of hydrogen-bond acceptors (Lipinski definition) is 5. The van der Waals surface area contributed by atoms with Crippen LogP contribution in [0.15, 0.2) is 66.9 Å². The average molecular weight is 426 g/mol. The van der Waals surface area contributed by atoms with Crippen LogP contribution in [0.1, 0.15) is 28.6 Å². The minimum atomic E-state index is -1.05. The van der Waals surface area contributed by atoms with Gasteiger partial charge in [-0.15, -0.1) is 0 Å². The minimum Gasteiger partial charge on any atom is -0.476 e. The number of carboxylic acids is 1. The molecule has 2 aromatic carbocycles. The second-order valence-electron chi connectivity index (χ2n) is 6.84. The van der Waals surface area contributed by atoms with Gasteiger partial charge in [0.1, 0.15) is 0 Å². The van der Waals surface area contributed by atoms with Crippen LogP contribution in [0.4, 0.5) is 5.69 Å². The zero-order chi connectivity index (χ0) is 21.3.